The normalized spacial score (nSPS) is 11.3. The highest BCUT2D eigenvalue weighted by Crippen LogP contribution is 2.22. The molecule has 2 aromatic heterocycles. The van der Waals surface area contributed by atoms with Gasteiger partial charge in [0.05, 0.1) is 11.5 Å². The van der Waals surface area contributed by atoms with E-state index in [1.165, 1.54) is 21.6 Å². The molecule has 0 unspecified atom stereocenters. The van der Waals surface area contributed by atoms with Gasteiger partial charge in [-0.15, -0.1) is 0 Å². The summed E-state index contributed by atoms with van der Waals surface area (Å²) in [5.41, 5.74) is 6.86. The Bertz CT molecular complexity index is 1610. The van der Waals surface area contributed by atoms with Gasteiger partial charge in [0, 0.05) is 90.5 Å². The monoisotopic (exact) mass is 696 g/mol. The fourth-order valence-corrected chi connectivity index (χ4v) is 6.90. The number of H-pyrrole nitrogens is 1. The van der Waals surface area contributed by atoms with Crippen molar-refractivity contribution in [3.63, 3.8) is 0 Å². The van der Waals surface area contributed by atoms with Crippen molar-refractivity contribution in [3.05, 3.63) is 114 Å². The maximum absolute atomic E-state index is 12.7. The molecule has 0 spiro atoms. The predicted molar refractivity (Wildman–Crippen MR) is 212 cm³/mol. The average Bonchev–Trinajstić information content (AvgIpc) is 3.66. The number of nitrogens with zero attached hydrogens (tertiary/aromatic N) is 5. The van der Waals surface area contributed by atoms with Crippen LogP contribution in [0.15, 0.2) is 91.5 Å². The molecule has 2 amide bonds. The summed E-state index contributed by atoms with van der Waals surface area (Å²) in [7, 11) is 10.8. The summed E-state index contributed by atoms with van der Waals surface area (Å²) >= 11 is 0. The second kappa shape index (κ2) is 20.2. The van der Waals surface area contributed by atoms with E-state index in [0.29, 0.717) is 24.6 Å². The van der Waals surface area contributed by atoms with Crippen molar-refractivity contribution in [1.29, 1.82) is 0 Å². The minimum atomic E-state index is 0.0825. The van der Waals surface area contributed by atoms with Gasteiger partial charge in [-0.05, 0) is 77.6 Å². The number of rotatable bonds is 19. The lowest BCUT2D eigenvalue weighted by Gasteiger charge is -2.22. The van der Waals surface area contributed by atoms with Gasteiger partial charge in [0.25, 0.3) is 0 Å². The zero-order valence-electron chi connectivity index (χ0n) is 29.0. The highest BCUT2D eigenvalue weighted by molar-refractivity contribution is 8.77. The largest absolute Gasteiger partial charge is 0.375 e. The first kappa shape index (κ1) is 37.4. The molecule has 0 saturated carbocycles. The summed E-state index contributed by atoms with van der Waals surface area (Å²) in [5.74, 6) is 0.877. The van der Waals surface area contributed by atoms with Gasteiger partial charge >= 0.3 is 0 Å². The van der Waals surface area contributed by atoms with E-state index in [-0.39, 0.29) is 11.8 Å². The van der Waals surface area contributed by atoms with Gasteiger partial charge < -0.3 is 24.6 Å². The molecule has 0 fully saturated rings. The Morgan fingerprint density at radius 1 is 0.592 bits per heavy atom. The number of benzene rings is 2. The van der Waals surface area contributed by atoms with Gasteiger partial charge in [0.15, 0.2) is 0 Å². The van der Waals surface area contributed by atoms with E-state index in [4.69, 9.17) is 0 Å². The van der Waals surface area contributed by atoms with Gasteiger partial charge in [-0.3, -0.25) is 14.6 Å². The summed E-state index contributed by atoms with van der Waals surface area (Å²) in [4.78, 5) is 40.4. The smallest absolute Gasteiger partial charge is 0.233 e. The van der Waals surface area contributed by atoms with Crippen LogP contribution in [0.1, 0.15) is 35.1 Å². The third-order valence-corrected chi connectivity index (χ3v) is 10.3. The maximum atomic E-state index is 12.7. The summed E-state index contributed by atoms with van der Waals surface area (Å²) in [6, 6.07) is 23.0. The highest BCUT2D eigenvalue weighted by Gasteiger charge is 2.13. The molecule has 0 atom stereocenters. The van der Waals surface area contributed by atoms with Crippen molar-refractivity contribution < 1.29 is 9.59 Å². The minimum Gasteiger partial charge on any atom is -0.375 e. The molecule has 258 valence electrons. The van der Waals surface area contributed by atoms with Crippen molar-refractivity contribution in [2.75, 3.05) is 75.7 Å². The number of carbonyl (C=O) groups is 2. The van der Waals surface area contributed by atoms with E-state index >= 15 is 0 Å². The van der Waals surface area contributed by atoms with Crippen LogP contribution >= 0.6 is 21.6 Å². The maximum Gasteiger partial charge on any atom is 0.233 e. The molecule has 0 aliphatic heterocycles. The van der Waals surface area contributed by atoms with Crippen LogP contribution in [0.25, 0.3) is 24.3 Å². The molecule has 8 nitrogen and oxygen atoms in total. The molecule has 2 aromatic carbocycles. The van der Waals surface area contributed by atoms with Crippen molar-refractivity contribution in [2.24, 2.45) is 0 Å². The number of hydrogen-bond donors (Lipinski definition) is 1. The Labute approximate surface area is 299 Å². The molecule has 1 N–H and O–H groups in total. The van der Waals surface area contributed by atoms with Gasteiger partial charge in [-0.2, -0.15) is 0 Å². The van der Waals surface area contributed by atoms with Crippen LogP contribution in [0.2, 0.25) is 0 Å². The molecule has 49 heavy (non-hydrogen) atoms. The number of anilines is 2. The van der Waals surface area contributed by atoms with Gasteiger partial charge in [-0.25, -0.2) is 0 Å². The molecule has 0 saturated heterocycles. The lowest BCUT2D eigenvalue weighted by Crippen LogP contribution is -2.32. The van der Waals surface area contributed by atoms with E-state index in [2.05, 4.69) is 107 Å². The first-order valence-corrected chi connectivity index (χ1v) is 19.0. The van der Waals surface area contributed by atoms with Crippen LogP contribution in [-0.4, -0.2) is 97.5 Å². The Morgan fingerprint density at radius 3 is 1.45 bits per heavy atom. The lowest BCUT2D eigenvalue weighted by atomic mass is 10.1. The number of nitrogens with one attached hydrogen (secondary N) is 1. The van der Waals surface area contributed by atoms with Gasteiger partial charge in [0.2, 0.25) is 11.8 Å². The molecule has 0 radical (unpaired) electrons. The number of pyridine rings is 1. The molecular weight excluding hydrogens is 649 g/mol. The zero-order valence-corrected chi connectivity index (χ0v) is 30.6. The van der Waals surface area contributed by atoms with Crippen LogP contribution in [0.4, 0.5) is 11.4 Å². The van der Waals surface area contributed by atoms with E-state index < -0.39 is 0 Å². The first-order valence-electron chi connectivity index (χ1n) is 16.5. The van der Waals surface area contributed by atoms with Crippen LogP contribution in [-0.2, 0) is 9.59 Å². The first-order chi connectivity index (χ1) is 23.8. The summed E-state index contributed by atoms with van der Waals surface area (Å²) in [5, 5.41) is 0. The third-order valence-electron chi connectivity index (χ3n) is 8.21. The van der Waals surface area contributed by atoms with Crippen molar-refractivity contribution in [2.45, 2.75) is 12.8 Å². The standard InChI is InChI=1S/C39H48N6O2S2/c1-42(36-15-11-32(12-16-36)7-8-34-19-22-40-23-20-34)25-5-27-44(3)38(46)30-48-49-31-39(47)45(4)28-6-26-43(2)37-17-13-33(14-18-37)9-10-35-21-24-41-29-35/h7-24,29,41H,5-6,25-28,30-31H2,1-4H3/b8-7+,10-9+. The van der Waals surface area contributed by atoms with Gasteiger partial charge in [0.1, 0.15) is 0 Å². The molecule has 0 aliphatic carbocycles. The summed E-state index contributed by atoms with van der Waals surface area (Å²) in [6.07, 6.45) is 17.6. The van der Waals surface area contributed by atoms with Crippen molar-refractivity contribution >= 4 is 69.1 Å². The highest BCUT2D eigenvalue weighted by atomic mass is 33.1. The summed E-state index contributed by atoms with van der Waals surface area (Å²) in [6.45, 7) is 3.08. The van der Waals surface area contributed by atoms with Gasteiger partial charge in [-0.1, -0.05) is 70.2 Å². The lowest BCUT2D eigenvalue weighted by molar-refractivity contribution is -0.127. The average molecular weight is 697 g/mol. The molecule has 2 heterocycles. The fraction of sp³-hybridized carbons (Fsp3) is 0.308. The predicted octanol–water partition coefficient (Wildman–Crippen LogP) is 7.40. The van der Waals surface area contributed by atoms with E-state index in [1.54, 1.807) is 22.2 Å². The van der Waals surface area contributed by atoms with Crippen molar-refractivity contribution in [1.82, 2.24) is 19.8 Å². The SMILES string of the molecule is CN(CCCN(C)c1ccc(/C=C/c2ccncc2)cc1)C(=O)CSSCC(=O)N(C)CCCN(C)c1ccc(/C=C/c2cc[nH]c2)cc1. The molecule has 0 bridgehead atoms. The van der Waals surface area contributed by atoms with E-state index in [1.807, 2.05) is 44.7 Å². The van der Waals surface area contributed by atoms with Crippen LogP contribution in [0.5, 0.6) is 0 Å². The van der Waals surface area contributed by atoms with Crippen molar-refractivity contribution in [3.8, 4) is 0 Å². The second-order valence-corrected chi connectivity index (χ2v) is 14.4. The molecule has 10 heteroatoms. The number of amides is 2. The molecule has 4 aromatic rings. The Kier molecular flexibility index (Phi) is 15.4. The summed E-state index contributed by atoms with van der Waals surface area (Å²) < 4.78 is 0. The van der Waals surface area contributed by atoms with Crippen LogP contribution in [0.3, 0.4) is 0 Å². The van der Waals surface area contributed by atoms with Crippen LogP contribution < -0.4 is 9.80 Å². The molecular formula is C39H48N6O2S2. The zero-order chi connectivity index (χ0) is 34.8. The fourth-order valence-electron chi connectivity index (χ4n) is 4.98. The van der Waals surface area contributed by atoms with Crippen LogP contribution in [0, 0.1) is 0 Å². The van der Waals surface area contributed by atoms with E-state index in [0.717, 1.165) is 59.6 Å². The number of carbonyl (C=O) groups excluding carboxylic acids is 2. The quantitative estimate of drug-likeness (QED) is 0.0809. The molecule has 4 rings (SSSR count). The number of aromatic amines is 1. The Morgan fingerprint density at radius 2 is 1.02 bits per heavy atom. The number of aromatic nitrogens is 2. The van der Waals surface area contributed by atoms with E-state index in [9.17, 15) is 9.59 Å². The number of hydrogen-bond acceptors (Lipinski definition) is 7. The Balaban J connectivity index is 1.04. The third kappa shape index (κ3) is 13.2. The Hall–Kier alpha value is -4.41. The topological polar surface area (TPSA) is 75.8 Å². The molecule has 0 aliphatic rings. The second-order valence-electron chi connectivity index (χ2n) is 12.0. The minimum absolute atomic E-state index is 0.0825.